The number of urea groups is 1. The molecule has 1 saturated heterocycles. The first-order valence-electron chi connectivity index (χ1n) is 8.97. The zero-order valence-electron chi connectivity index (χ0n) is 14.0. The first-order valence-corrected chi connectivity index (χ1v) is 8.97. The maximum absolute atomic E-state index is 12.6. The highest BCUT2D eigenvalue weighted by Crippen LogP contribution is 2.26. The molecule has 2 amide bonds. The number of benzene rings is 1. The summed E-state index contributed by atoms with van der Waals surface area (Å²) in [5.74, 6) is -0.946. The first-order chi connectivity index (χ1) is 11.6. The van der Waals surface area contributed by atoms with Crippen molar-refractivity contribution in [2.24, 2.45) is 5.92 Å². The van der Waals surface area contributed by atoms with Gasteiger partial charge >= 0.3 is 12.0 Å². The van der Waals surface area contributed by atoms with E-state index >= 15 is 0 Å². The zero-order valence-corrected chi connectivity index (χ0v) is 14.0. The third-order valence-corrected chi connectivity index (χ3v) is 5.36. The topological polar surface area (TPSA) is 69.6 Å². The predicted molar refractivity (Wildman–Crippen MR) is 91.8 cm³/mol. The molecule has 1 unspecified atom stereocenters. The van der Waals surface area contributed by atoms with E-state index in [1.165, 1.54) is 5.56 Å². The summed E-state index contributed by atoms with van der Waals surface area (Å²) in [7, 11) is 0. The van der Waals surface area contributed by atoms with Crippen LogP contribution in [0.5, 0.6) is 0 Å². The van der Waals surface area contributed by atoms with Crippen molar-refractivity contribution in [1.29, 1.82) is 0 Å². The molecule has 0 spiro atoms. The van der Waals surface area contributed by atoms with Gasteiger partial charge in [-0.1, -0.05) is 30.3 Å². The van der Waals surface area contributed by atoms with Gasteiger partial charge in [-0.25, -0.2) is 4.79 Å². The van der Waals surface area contributed by atoms with Crippen LogP contribution in [0.15, 0.2) is 30.3 Å². The van der Waals surface area contributed by atoms with E-state index in [1.807, 2.05) is 23.1 Å². The zero-order chi connectivity index (χ0) is 16.9. The van der Waals surface area contributed by atoms with Crippen LogP contribution in [0.3, 0.4) is 0 Å². The van der Waals surface area contributed by atoms with E-state index in [-0.39, 0.29) is 24.0 Å². The maximum Gasteiger partial charge on any atom is 0.317 e. The largest absolute Gasteiger partial charge is 0.481 e. The summed E-state index contributed by atoms with van der Waals surface area (Å²) in [5, 5.41) is 12.2. The van der Waals surface area contributed by atoms with E-state index in [4.69, 9.17) is 5.11 Å². The Bertz CT molecular complexity index is 567. The number of nitrogens with zero attached hydrogens (tertiary/aromatic N) is 1. The fraction of sp³-hybridized carbons (Fsp3) is 0.579. The third-order valence-electron chi connectivity index (χ3n) is 5.36. The summed E-state index contributed by atoms with van der Waals surface area (Å²) in [4.78, 5) is 25.6. The molecule has 24 heavy (non-hydrogen) atoms. The summed E-state index contributed by atoms with van der Waals surface area (Å²) in [5.41, 5.74) is 1.27. The van der Waals surface area contributed by atoms with Crippen molar-refractivity contribution >= 4 is 12.0 Å². The second-order valence-corrected chi connectivity index (χ2v) is 7.02. The predicted octanol–water partition coefficient (Wildman–Crippen LogP) is 3.05. The van der Waals surface area contributed by atoms with Gasteiger partial charge in [-0.2, -0.15) is 0 Å². The lowest BCUT2D eigenvalue weighted by atomic mass is 9.86. The molecule has 3 rings (SSSR count). The third kappa shape index (κ3) is 4.08. The highest BCUT2D eigenvalue weighted by molar-refractivity contribution is 5.75. The Morgan fingerprint density at radius 3 is 2.46 bits per heavy atom. The molecule has 1 aliphatic heterocycles. The lowest BCUT2D eigenvalue weighted by molar-refractivity contribution is -0.142. The Morgan fingerprint density at radius 2 is 1.79 bits per heavy atom. The van der Waals surface area contributed by atoms with Gasteiger partial charge in [0.15, 0.2) is 0 Å². The maximum atomic E-state index is 12.6. The van der Waals surface area contributed by atoms with Gasteiger partial charge in [0.05, 0.1) is 5.92 Å². The van der Waals surface area contributed by atoms with Gasteiger partial charge < -0.3 is 15.3 Å². The van der Waals surface area contributed by atoms with Crippen LogP contribution < -0.4 is 5.32 Å². The Balaban J connectivity index is 1.52. The minimum Gasteiger partial charge on any atom is -0.481 e. The molecule has 0 bridgehead atoms. The Labute approximate surface area is 143 Å². The van der Waals surface area contributed by atoms with Crippen LogP contribution >= 0.6 is 0 Å². The monoisotopic (exact) mass is 330 g/mol. The number of carbonyl (C=O) groups excluding carboxylic acids is 1. The second-order valence-electron chi connectivity index (χ2n) is 7.02. The van der Waals surface area contributed by atoms with E-state index in [1.54, 1.807) is 0 Å². The molecule has 130 valence electrons. The van der Waals surface area contributed by atoms with Gasteiger partial charge in [0.2, 0.25) is 0 Å². The van der Waals surface area contributed by atoms with Crippen LogP contribution in [-0.2, 0) is 11.2 Å². The molecule has 2 N–H and O–H groups in total. The van der Waals surface area contributed by atoms with Crippen molar-refractivity contribution in [2.45, 2.75) is 57.0 Å². The molecule has 1 atom stereocenters. The van der Waals surface area contributed by atoms with Crippen molar-refractivity contribution in [1.82, 2.24) is 10.2 Å². The normalized spacial score (nSPS) is 27.0. The standard InChI is InChI=1S/C19H26N2O3/c22-18(23)15-8-10-16(11-9-15)20-19(24)21-12-4-7-17(21)13-14-5-2-1-3-6-14/h1-3,5-6,15-17H,4,7-13H2,(H,20,24)(H,22,23). The van der Waals surface area contributed by atoms with Crippen LogP contribution in [0.25, 0.3) is 0 Å². The summed E-state index contributed by atoms with van der Waals surface area (Å²) in [6.07, 6.45) is 5.85. The van der Waals surface area contributed by atoms with Crippen molar-refractivity contribution in [3.8, 4) is 0 Å². The highest BCUT2D eigenvalue weighted by atomic mass is 16.4. The number of aliphatic carboxylic acids is 1. The number of carboxylic acids is 1. The highest BCUT2D eigenvalue weighted by Gasteiger charge is 2.32. The number of carbonyl (C=O) groups is 2. The lowest BCUT2D eigenvalue weighted by Crippen LogP contribution is -2.48. The molecule has 2 aliphatic rings. The lowest BCUT2D eigenvalue weighted by Gasteiger charge is -2.31. The van der Waals surface area contributed by atoms with Crippen molar-refractivity contribution in [2.75, 3.05) is 6.54 Å². The van der Waals surface area contributed by atoms with E-state index in [2.05, 4.69) is 17.4 Å². The van der Waals surface area contributed by atoms with Crippen molar-refractivity contribution < 1.29 is 14.7 Å². The molecule has 0 radical (unpaired) electrons. The van der Waals surface area contributed by atoms with Gasteiger partial charge in [0, 0.05) is 18.6 Å². The van der Waals surface area contributed by atoms with Gasteiger partial charge in [0.25, 0.3) is 0 Å². The average Bonchev–Trinajstić information content (AvgIpc) is 3.04. The Kier molecular flexibility index (Phi) is 5.38. The number of rotatable bonds is 4. The first kappa shape index (κ1) is 16.8. The van der Waals surface area contributed by atoms with Crippen LogP contribution in [0.1, 0.15) is 44.1 Å². The molecule has 1 aliphatic carbocycles. The minimum atomic E-state index is -0.706. The fourth-order valence-electron chi connectivity index (χ4n) is 3.94. The molecule has 2 fully saturated rings. The van der Waals surface area contributed by atoms with E-state index in [0.29, 0.717) is 12.8 Å². The number of carboxylic acid groups (broad SMARTS) is 1. The van der Waals surface area contributed by atoms with Gasteiger partial charge in [-0.05, 0) is 50.5 Å². The van der Waals surface area contributed by atoms with Crippen LogP contribution in [0.4, 0.5) is 4.79 Å². The number of hydrogen-bond donors (Lipinski definition) is 2. The number of nitrogens with one attached hydrogen (secondary N) is 1. The Morgan fingerprint density at radius 1 is 1.08 bits per heavy atom. The SMILES string of the molecule is O=C(O)C1CCC(NC(=O)N2CCCC2Cc2ccccc2)CC1. The van der Waals surface area contributed by atoms with Gasteiger partial charge in [0.1, 0.15) is 0 Å². The smallest absolute Gasteiger partial charge is 0.317 e. The van der Waals surface area contributed by atoms with Gasteiger partial charge in [-0.15, -0.1) is 0 Å². The second kappa shape index (κ2) is 7.69. The number of hydrogen-bond acceptors (Lipinski definition) is 2. The quantitative estimate of drug-likeness (QED) is 0.891. The molecule has 1 saturated carbocycles. The minimum absolute atomic E-state index is 0.0206. The average molecular weight is 330 g/mol. The molecule has 1 heterocycles. The van der Waals surface area contributed by atoms with Crippen LogP contribution in [-0.4, -0.2) is 40.6 Å². The molecular weight excluding hydrogens is 304 g/mol. The van der Waals surface area contributed by atoms with Crippen LogP contribution in [0, 0.1) is 5.92 Å². The summed E-state index contributed by atoms with van der Waals surface area (Å²) >= 11 is 0. The molecule has 1 aromatic carbocycles. The van der Waals surface area contributed by atoms with E-state index in [0.717, 1.165) is 38.6 Å². The molecule has 0 aromatic heterocycles. The van der Waals surface area contributed by atoms with Crippen molar-refractivity contribution in [3.05, 3.63) is 35.9 Å². The van der Waals surface area contributed by atoms with Crippen molar-refractivity contribution in [3.63, 3.8) is 0 Å². The molecule has 5 heteroatoms. The van der Waals surface area contributed by atoms with E-state index < -0.39 is 5.97 Å². The number of amides is 2. The van der Waals surface area contributed by atoms with E-state index in [9.17, 15) is 9.59 Å². The number of likely N-dealkylation sites (tertiary alicyclic amines) is 1. The summed E-state index contributed by atoms with van der Waals surface area (Å²) < 4.78 is 0. The van der Waals surface area contributed by atoms with Crippen LogP contribution in [0.2, 0.25) is 0 Å². The Hall–Kier alpha value is -2.04. The summed E-state index contributed by atoms with van der Waals surface area (Å²) in [6.45, 7) is 0.813. The fourth-order valence-corrected chi connectivity index (χ4v) is 3.94. The summed E-state index contributed by atoms with van der Waals surface area (Å²) in [6, 6.07) is 10.7. The molecule has 5 nitrogen and oxygen atoms in total. The van der Waals surface area contributed by atoms with Gasteiger partial charge in [-0.3, -0.25) is 4.79 Å². The molecular formula is C19H26N2O3. The molecule has 1 aromatic rings.